The zero-order valence-corrected chi connectivity index (χ0v) is 19.4. The van der Waals surface area contributed by atoms with Crippen molar-refractivity contribution in [2.24, 2.45) is 10.9 Å². The van der Waals surface area contributed by atoms with Gasteiger partial charge in [-0.2, -0.15) is 0 Å². The van der Waals surface area contributed by atoms with Crippen molar-refractivity contribution in [3.8, 4) is 0 Å². The van der Waals surface area contributed by atoms with Gasteiger partial charge in [-0.3, -0.25) is 4.90 Å². The minimum Gasteiger partial charge on any atom is -0.469 e. The first-order valence-electron chi connectivity index (χ1n) is 9.97. The van der Waals surface area contributed by atoms with E-state index in [1.807, 2.05) is 18.2 Å². The number of likely N-dealkylation sites (tertiary alicyclic amines) is 1. The molecule has 1 fully saturated rings. The zero-order chi connectivity index (χ0) is 19.1. The summed E-state index contributed by atoms with van der Waals surface area (Å²) in [7, 11) is 0. The van der Waals surface area contributed by atoms with Gasteiger partial charge in [0.05, 0.1) is 12.8 Å². The Hall–Kier alpha value is -1.54. The first kappa shape index (κ1) is 22.7. The number of furan rings is 1. The van der Waals surface area contributed by atoms with E-state index >= 15 is 0 Å². The fourth-order valence-electron chi connectivity index (χ4n) is 3.45. The van der Waals surface area contributed by atoms with E-state index in [1.165, 1.54) is 5.56 Å². The second-order valence-corrected chi connectivity index (χ2v) is 7.68. The van der Waals surface area contributed by atoms with Crippen molar-refractivity contribution in [2.75, 3.05) is 19.6 Å². The molecule has 0 aliphatic carbocycles. The Morgan fingerprint density at radius 1 is 1.18 bits per heavy atom. The Balaban J connectivity index is 0.00000280. The molecule has 2 aromatic rings. The summed E-state index contributed by atoms with van der Waals surface area (Å²) in [4.78, 5) is 7.35. The number of aliphatic imine (C=N–C) groups is 1. The molecule has 0 radical (unpaired) electrons. The van der Waals surface area contributed by atoms with E-state index in [4.69, 9.17) is 9.41 Å². The average Bonchev–Trinajstić information content (AvgIpc) is 3.30. The highest BCUT2D eigenvalue weighted by molar-refractivity contribution is 14.0. The number of rotatable bonds is 7. The molecule has 0 spiro atoms. The average molecular weight is 496 g/mol. The quantitative estimate of drug-likeness (QED) is 0.347. The van der Waals surface area contributed by atoms with Crippen LogP contribution in [0.3, 0.4) is 0 Å². The van der Waals surface area contributed by atoms with Crippen LogP contribution in [0.15, 0.2) is 58.1 Å². The van der Waals surface area contributed by atoms with Crippen molar-refractivity contribution >= 4 is 29.9 Å². The number of nitrogens with one attached hydrogen (secondary N) is 2. The van der Waals surface area contributed by atoms with Crippen LogP contribution in [0.25, 0.3) is 0 Å². The van der Waals surface area contributed by atoms with Crippen LogP contribution in [0.2, 0.25) is 0 Å². The van der Waals surface area contributed by atoms with Crippen molar-refractivity contribution < 1.29 is 4.42 Å². The maximum absolute atomic E-state index is 5.43. The van der Waals surface area contributed by atoms with E-state index in [1.54, 1.807) is 6.26 Å². The number of hydrogen-bond donors (Lipinski definition) is 2. The third-order valence-corrected chi connectivity index (χ3v) is 5.20. The standard InChI is InChI=1S/C22H32N4O.HI/c1-17(2)26-15-18(3)21(16-26)25-22(23-12-11-20-10-7-13-27-20)24-14-19-8-5-4-6-9-19;/h4-10,13,17-18,21H,11-12,14-16H2,1-3H3,(H2,23,24,25);1H. The van der Waals surface area contributed by atoms with Crippen molar-refractivity contribution in [1.29, 1.82) is 0 Å². The minimum atomic E-state index is 0. The Morgan fingerprint density at radius 3 is 2.61 bits per heavy atom. The molecule has 5 nitrogen and oxygen atoms in total. The molecule has 2 unspecified atom stereocenters. The van der Waals surface area contributed by atoms with Gasteiger partial charge < -0.3 is 15.1 Å². The van der Waals surface area contributed by atoms with Gasteiger partial charge in [0, 0.05) is 38.1 Å². The molecule has 1 saturated heterocycles. The third-order valence-electron chi connectivity index (χ3n) is 5.20. The van der Waals surface area contributed by atoms with Crippen LogP contribution < -0.4 is 10.6 Å². The summed E-state index contributed by atoms with van der Waals surface area (Å²) in [5.74, 6) is 2.47. The Bertz CT molecular complexity index is 703. The second-order valence-electron chi connectivity index (χ2n) is 7.68. The highest BCUT2D eigenvalue weighted by atomic mass is 127. The van der Waals surface area contributed by atoms with Crippen molar-refractivity contribution in [2.45, 2.75) is 45.8 Å². The Morgan fingerprint density at radius 2 is 1.96 bits per heavy atom. The lowest BCUT2D eigenvalue weighted by Gasteiger charge is -2.22. The normalized spacial score (nSPS) is 20.2. The summed E-state index contributed by atoms with van der Waals surface area (Å²) in [6.45, 7) is 10.5. The number of hydrogen-bond acceptors (Lipinski definition) is 3. The molecule has 1 aromatic carbocycles. The van der Waals surface area contributed by atoms with Gasteiger partial charge in [-0.1, -0.05) is 37.3 Å². The fourth-order valence-corrected chi connectivity index (χ4v) is 3.45. The van der Waals surface area contributed by atoms with Crippen LogP contribution in [-0.2, 0) is 13.0 Å². The molecule has 28 heavy (non-hydrogen) atoms. The SMILES string of the molecule is CC1CN(C(C)C)CC1NC(=NCc1ccccc1)NCCc1ccco1.I. The highest BCUT2D eigenvalue weighted by Crippen LogP contribution is 2.18. The van der Waals surface area contributed by atoms with Crippen LogP contribution in [-0.4, -0.2) is 42.6 Å². The van der Waals surface area contributed by atoms with Gasteiger partial charge in [-0.25, -0.2) is 4.99 Å². The molecular formula is C22H33IN4O. The maximum atomic E-state index is 5.43. The van der Waals surface area contributed by atoms with Gasteiger partial charge in [0.25, 0.3) is 0 Å². The lowest BCUT2D eigenvalue weighted by Crippen LogP contribution is -2.47. The Kier molecular flexibility index (Phi) is 9.31. The molecule has 0 amide bonds. The van der Waals surface area contributed by atoms with Crippen molar-refractivity contribution in [1.82, 2.24) is 15.5 Å². The first-order chi connectivity index (χ1) is 13.1. The van der Waals surface area contributed by atoms with E-state index in [9.17, 15) is 0 Å². The van der Waals surface area contributed by atoms with E-state index in [0.717, 1.165) is 37.8 Å². The lowest BCUT2D eigenvalue weighted by molar-refractivity contribution is 0.265. The molecule has 154 valence electrons. The molecule has 2 atom stereocenters. The third kappa shape index (κ3) is 6.81. The molecule has 0 bridgehead atoms. The molecule has 0 saturated carbocycles. The number of halogens is 1. The fraction of sp³-hybridized carbons (Fsp3) is 0.500. The van der Waals surface area contributed by atoms with Crippen LogP contribution >= 0.6 is 24.0 Å². The van der Waals surface area contributed by atoms with Crippen LogP contribution in [0.1, 0.15) is 32.1 Å². The summed E-state index contributed by atoms with van der Waals surface area (Å²) >= 11 is 0. The van der Waals surface area contributed by atoms with Gasteiger partial charge in [0.1, 0.15) is 5.76 Å². The van der Waals surface area contributed by atoms with Gasteiger partial charge in [-0.05, 0) is 37.5 Å². The van der Waals surface area contributed by atoms with E-state index in [2.05, 4.69) is 60.6 Å². The number of benzene rings is 1. The lowest BCUT2D eigenvalue weighted by atomic mass is 10.1. The molecule has 1 aliphatic rings. The van der Waals surface area contributed by atoms with Crippen LogP contribution in [0.5, 0.6) is 0 Å². The summed E-state index contributed by atoms with van der Waals surface area (Å²) in [6, 6.07) is 15.3. The largest absolute Gasteiger partial charge is 0.469 e. The number of nitrogens with zero attached hydrogens (tertiary/aromatic N) is 2. The van der Waals surface area contributed by atoms with E-state index in [0.29, 0.717) is 24.5 Å². The smallest absolute Gasteiger partial charge is 0.191 e. The van der Waals surface area contributed by atoms with Crippen molar-refractivity contribution in [3.05, 3.63) is 60.1 Å². The molecule has 1 aromatic heterocycles. The summed E-state index contributed by atoms with van der Waals surface area (Å²) in [5, 5.41) is 7.15. The maximum Gasteiger partial charge on any atom is 0.191 e. The van der Waals surface area contributed by atoms with E-state index in [-0.39, 0.29) is 24.0 Å². The predicted octanol–water partition coefficient (Wildman–Crippen LogP) is 3.90. The van der Waals surface area contributed by atoms with Gasteiger partial charge in [-0.15, -0.1) is 24.0 Å². The van der Waals surface area contributed by atoms with Gasteiger partial charge in [0.2, 0.25) is 0 Å². The van der Waals surface area contributed by atoms with Crippen LogP contribution in [0.4, 0.5) is 0 Å². The number of guanidine groups is 1. The summed E-state index contributed by atoms with van der Waals surface area (Å²) in [5.41, 5.74) is 1.22. The van der Waals surface area contributed by atoms with Gasteiger partial charge >= 0.3 is 0 Å². The topological polar surface area (TPSA) is 52.8 Å². The molecule has 2 N–H and O–H groups in total. The van der Waals surface area contributed by atoms with Gasteiger partial charge in [0.15, 0.2) is 5.96 Å². The van der Waals surface area contributed by atoms with Crippen LogP contribution in [0, 0.1) is 5.92 Å². The summed E-state index contributed by atoms with van der Waals surface area (Å²) < 4.78 is 5.43. The van der Waals surface area contributed by atoms with E-state index < -0.39 is 0 Å². The molecule has 2 heterocycles. The molecule has 6 heteroatoms. The zero-order valence-electron chi connectivity index (χ0n) is 17.1. The summed E-state index contributed by atoms with van der Waals surface area (Å²) in [6.07, 6.45) is 2.57. The second kappa shape index (κ2) is 11.5. The minimum absolute atomic E-state index is 0. The predicted molar refractivity (Wildman–Crippen MR) is 126 cm³/mol. The molecule has 1 aliphatic heterocycles. The monoisotopic (exact) mass is 496 g/mol. The van der Waals surface area contributed by atoms with Crippen molar-refractivity contribution in [3.63, 3.8) is 0 Å². The Labute approximate surface area is 186 Å². The first-order valence-corrected chi connectivity index (χ1v) is 9.97. The molecular weight excluding hydrogens is 463 g/mol. The molecule has 3 rings (SSSR count). The highest BCUT2D eigenvalue weighted by Gasteiger charge is 2.31.